The Morgan fingerprint density at radius 3 is 2.47 bits per heavy atom. The number of aryl methyl sites for hydroxylation is 1. The molecule has 3 rings (SSSR count). The van der Waals surface area contributed by atoms with Crippen molar-refractivity contribution in [3.8, 4) is 17.5 Å². The van der Waals surface area contributed by atoms with Crippen LogP contribution in [-0.2, 0) is 9.53 Å². The maximum atomic E-state index is 12.2. The molecule has 0 bridgehead atoms. The van der Waals surface area contributed by atoms with Gasteiger partial charge in [0.25, 0.3) is 5.91 Å². The molecular formula is C20H18BrN3O5S. The van der Waals surface area contributed by atoms with E-state index in [-0.39, 0.29) is 25.1 Å². The Morgan fingerprint density at radius 2 is 1.80 bits per heavy atom. The average Bonchev–Trinajstić information content (AvgIpc) is 3.09. The summed E-state index contributed by atoms with van der Waals surface area (Å²) in [5.41, 5.74) is 0.337. The quantitative estimate of drug-likeness (QED) is 0.459. The third kappa shape index (κ3) is 6.01. The minimum atomic E-state index is -0.469. The number of rotatable bonds is 8. The predicted molar refractivity (Wildman–Crippen MR) is 115 cm³/mol. The van der Waals surface area contributed by atoms with Gasteiger partial charge in [-0.05, 0) is 60.1 Å². The van der Waals surface area contributed by atoms with Gasteiger partial charge in [0.1, 0.15) is 16.5 Å². The molecule has 1 N–H and O–H groups in total. The Balaban J connectivity index is 1.54. The molecule has 0 aliphatic rings. The molecule has 3 aromatic rings. The maximum absolute atomic E-state index is 12.2. The van der Waals surface area contributed by atoms with Crippen LogP contribution < -0.4 is 14.8 Å². The normalized spacial score (nSPS) is 10.4. The van der Waals surface area contributed by atoms with E-state index in [0.717, 1.165) is 9.35 Å². The molecule has 0 saturated heterocycles. The van der Waals surface area contributed by atoms with Gasteiger partial charge in [-0.15, -0.1) is 11.3 Å². The molecule has 30 heavy (non-hydrogen) atoms. The van der Waals surface area contributed by atoms with Crippen molar-refractivity contribution >= 4 is 44.1 Å². The number of carbonyl (C=O) groups is 2. The second kappa shape index (κ2) is 10.2. The predicted octanol–water partition coefficient (Wildman–Crippen LogP) is 4.60. The molecule has 0 aliphatic heterocycles. The summed E-state index contributed by atoms with van der Waals surface area (Å²) in [5.74, 6) is 0.166. The minimum Gasteiger partial charge on any atom is -0.484 e. The fourth-order valence-electron chi connectivity index (χ4n) is 2.34. The summed E-state index contributed by atoms with van der Waals surface area (Å²) in [4.78, 5) is 33.2. The average molecular weight is 492 g/mol. The maximum Gasteiger partial charge on any atom is 0.341 e. The lowest BCUT2D eigenvalue weighted by molar-refractivity contribution is -0.118. The van der Waals surface area contributed by atoms with E-state index < -0.39 is 5.97 Å². The first kappa shape index (κ1) is 21.7. The van der Waals surface area contributed by atoms with E-state index in [1.807, 2.05) is 6.92 Å². The third-order valence-electron chi connectivity index (χ3n) is 3.60. The van der Waals surface area contributed by atoms with Gasteiger partial charge in [-0.2, -0.15) is 0 Å². The number of thiophene rings is 1. The molecular weight excluding hydrogens is 474 g/mol. The van der Waals surface area contributed by atoms with Crippen LogP contribution in [0.3, 0.4) is 0 Å². The van der Waals surface area contributed by atoms with Gasteiger partial charge in [0.2, 0.25) is 0 Å². The van der Waals surface area contributed by atoms with Crippen molar-refractivity contribution in [2.75, 3.05) is 18.5 Å². The van der Waals surface area contributed by atoms with Crippen LogP contribution >= 0.6 is 27.3 Å². The number of nitrogens with zero attached hydrogens (tertiary/aromatic N) is 2. The molecule has 2 heterocycles. The van der Waals surface area contributed by atoms with Crippen LogP contribution in [0, 0.1) is 6.92 Å². The highest BCUT2D eigenvalue weighted by Crippen LogP contribution is 2.28. The van der Waals surface area contributed by atoms with Crippen LogP contribution in [-0.4, -0.2) is 35.1 Å². The summed E-state index contributed by atoms with van der Waals surface area (Å²) in [6.45, 7) is 3.63. The van der Waals surface area contributed by atoms with Gasteiger partial charge >= 0.3 is 12.0 Å². The molecule has 0 radical (unpaired) electrons. The minimum absolute atomic E-state index is 0.213. The van der Waals surface area contributed by atoms with Crippen LogP contribution in [0.2, 0.25) is 0 Å². The number of hydrogen-bond donors (Lipinski definition) is 1. The highest BCUT2D eigenvalue weighted by Gasteiger charge is 2.18. The molecule has 10 heteroatoms. The number of amides is 1. The van der Waals surface area contributed by atoms with E-state index in [2.05, 4.69) is 31.2 Å². The summed E-state index contributed by atoms with van der Waals surface area (Å²) in [7, 11) is 0. The second-order valence-corrected chi connectivity index (χ2v) is 8.09. The fourth-order valence-corrected chi connectivity index (χ4v) is 3.46. The molecule has 1 amide bonds. The number of esters is 1. The second-order valence-electron chi connectivity index (χ2n) is 5.91. The van der Waals surface area contributed by atoms with Crippen molar-refractivity contribution in [1.82, 2.24) is 9.97 Å². The fraction of sp³-hybridized carbons (Fsp3) is 0.200. The summed E-state index contributed by atoms with van der Waals surface area (Å²) in [5, 5.41) is 3.14. The van der Waals surface area contributed by atoms with E-state index in [0.29, 0.717) is 22.1 Å². The van der Waals surface area contributed by atoms with E-state index >= 15 is 0 Å². The van der Waals surface area contributed by atoms with Crippen LogP contribution in [0.5, 0.6) is 17.5 Å². The van der Waals surface area contributed by atoms with Crippen LogP contribution in [0.25, 0.3) is 0 Å². The molecule has 0 unspecified atom stereocenters. The van der Waals surface area contributed by atoms with Crippen molar-refractivity contribution < 1.29 is 23.8 Å². The van der Waals surface area contributed by atoms with E-state index in [1.165, 1.54) is 11.3 Å². The van der Waals surface area contributed by atoms with Gasteiger partial charge in [0.05, 0.1) is 16.6 Å². The topological polar surface area (TPSA) is 99.6 Å². The molecule has 1 aromatic carbocycles. The van der Waals surface area contributed by atoms with E-state index in [4.69, 9.17) is 14.2 Å². The number of ether oxygens (including phenoxy) is 3. The zero-order valence-corrected chi connectivity index (χ0v) is 18.6. The Morgan fingerprint density at radius 1 is 1.13 bits per heavy atom. The van der Waals surface area contributed by atoms with Gasteiger partial charge < -0.3 is 19.5 Å². The molecule has 8 nitrogen and oxygen atoms in total. The Labute approximate surface area is 185 Å². The van der Waals surface area contributed by atoms with Gasteiger partial charge in [0, 0.05) is 17.3 Å². The van der Waals surface area contributed by atoms with Crippen molar-refractivity contribution in [3.05, 3.63) is 57.6 Å². The first-order valence-corrected chi connectivity index (χ1v) is 10.5. The first-order chi connectivity index (χ1) is 14.4. The number of nitrogens with one attached hydrogen (secondary N) is 1. The van der Waals surface area contributed by atoms with Crippen molar-refractivity contribution in [2.45, 2.75) is 13.8 Å². The third-order valence-corrected chi connectivity index (χ3v) is 4.98. The highest BCUT2D eigenvalue weighted by molar-refractivity contribution is 9.10. The standard InChI is InChI=1S/C20H18BrN3O5S/c1-3-27-19(26)16-8-12(2)30-18(16)24-17(25)11-28-14-4-6-15(7-5-14)29-20-22-9-13(21)10-23-20/h4-10H,3,11H2,1-2H3,(H,24,25). The zero-order chi connectivity index (χ0) is 21.5. The number of carbonyl (C=O) groups excluding carboxylic acids is 2. The molecule has 0 aliphatic carbocycles. The Kier molecular flexibility index (Phi) is 7.36. The summed E-state index contributed by atoms with van der Waals surface area (Å²) >= 11 is 4.56. The number of anilines is 1. The van der Waals surface area contributed by atoms with Crippen LogP contribution in [0.4, 0.5) is 5.00 Å². The number of benzene rings is 1. The summed E-state index contributed by atoms with van der Waals surface area (Å²) in [6, 6.07) is 8.60. The van der Waals surface area contributed by atoms with E-state index in [9.17, 15) is 9.59 Å². The lowest BCUT2D eigenvalue weighted by Gasteiger charge is -2.09. The molecule has 0 atom stereocenters. The van der Waals surface area contributed by atoms with Crippen LogP contribution in [0.1, 0.15) is 22.2 Å². The monoisotopic (exact) mass is 491 g/mol. The summed E-state index contributed by atoms with van der Waals surface area (Å²) in [6.07, 6.45) is 3.17. The van der Waals surface area contributed by atoms with Gasteiger partial charge in [-0.1, -0.05) is 0 Å². The van der Waals surface area contributed by atoms with Crippen LogP contribution in [0.15, 0.2) is 47.2 Å². The number of halogens is 1. The molecule has 0 fully saturated rings. The lowest BCUT2D eigenvalue weighted by Crippen LogP contribution is -2.21. The summed E-state index contributed by atoms with van der Waals surface area (Å²) < 4.78 is 16.8. The number of aromatic nitrogens is 2. The highest BCUT2D eigenvalue weighted by atomic mass is 79.9. The van der Waals surface area contributed by atoms with Crippen molar-refractivity contribution in [1.29, 1.82) is 0 Å². The Hall–Kier alpha value is -2.98. The van der Waals surface area contributed by atoms with Gasteiger partial charge in [-0.3, -0.25) is 4.79 Å². The molecule has 156 valence electrons. The molecule has 2 aromatic heterocycles. The van der Waals surface area contributed by atoms with Gasteiger partial charge in [0.15, 0.2) is 6.61 Å². The van der Waals surface area contributed by atoms with E-state index in [1.54, 1.807) is 49.6 Å². The molecule has 0 spiro atoms. The largest absolute Gasteiger partial charge is 0.484 e. The SMILES string of the molecule is CCOC(=O)c1cc(C)sc1NC(=O)COc1ccc(Oc2ncc(Br)cn2)cc1. The lowest BCUT2D eigenvalue weighted by atomic mass is 10.3. The van der Waals surface area contributed by atoms with Gasteiger partial charge in [-0.25, -0.2) is 14.8 Å². The molecule has 0 saturated carbocycles. The number of hydrogen-bond acceptors (Lipinski definition) is 8. The first-order valence-electron chi connectivity index (χ1n) is 8.90. The Bertz CT molecular complexity index is 1020. The smallest absolute Gasteiger partial charge is 0.341 e. The van der Waals surface area contributed by atoms with Crippen molar-refractivity contribution in [3.63, 3.8) is 0 Å². The zero-order valence-electron chi connectivity index (χ0n) is 16.2. The van der Waals surface area contributed by atoms with Crippen molar-refractivity contribution in [2.24, 2.45) is 0 Å².